The average Bonchev–Trinajstić information content (AvgIpc) is 2.52. The topological polar surface area (TPSA) is 53.8 Å². The molecule has 0 saturated carbocycles. The number of H-pyrrole nitrogens is 1. The van der Waals surface area contributed by atoms with E-state index >= 15 is 0 Å². The van der Waals surface area contributed by atoms with Gasteiger partial charge in [-0.1, -0.05) is 13.8 Å². The minimum Gasteiger partial charge on any atom is -0.383 e. The lowest BCUT2D eigenvalue weighted by Gasteiger charge is -2.24. The van der Waals surface area contributed by atoms with E-state index in [-0.39, 0.29) is 5.41 Å². The van der Waals surface area contributed by atoms with Crippen LogP contribution in [-0.2, 0) is 0 Å². The Morgan fingerprint density at radius 1 is 1.54 bits per heavy atom. The third-order valence-corrected chi connectivity index (χ3v) is 2.19. The SMILES string of the molecule is CC(C)(CCN)CNc1cc[nH]c1. The molecule has 0 atom stereocenters. The minimum atomic E-state index is 0.270. The average molecular weight is 181 g/mol. The number of hydrogen-bond donors (Lipinski definition) is 3. The first-order valence-corrected chi connectivity index (χ1v) is 4.71. The van der Waals surface area contributed by atoms with Gasteiger partial charge >= 0.3 is 0 Å². The molecule has 0 bridgehead atoms. The van der Waals surface area contributed by atoms with Crippen molar-refractivity contribution in [3.8, 4) is 0 Å². The Morgan fingerprint density at radius 2 is 2.31 bits per heavy atom. The Labute approximate surface area is 79.7 Å². The molecule has 0 aliphatic carbocycles. The van der Waals surface area contributed by atoms with Crippen LogP contribution < -0.4 is 11.1 Å². The molecule has 0 saturated heterocycles. The second-order valence-electron chi connectivity index (χ2n) is 4.16. The summed E-state index contributed by atoms with van der Waals surface area (Å²) in [6.07, 6.45) is 4.92. The lowest BCUT2D eigenvalue weighted by Crippen LogP contribution is -2.25. The van der Waals surface area contributed by atoms with Crippen molar-refractivity contribution >= 4 is 5.69 Å². The molecule has 3 heteroatoms. The van der Waals surface area contributed by atoms with Gasteiger partial charge in [-0.15, -0.1) is 0 Å². The molecule has 0 aliphatic rings. The van der Waals surface area contributed by atoms with Gasteiger partial charge in [0.15, 0.2) is 0 Å². The van der Waals surface area contributed by atoms with E-state index in [1.807, 2.05) is 18.5 Å². The first-order chi connectivity index (χ1) is 6.14. The quantitative estimate of drug-likeness (QED) is 0.648. The van der Waals surface area contributed by atoms with Gasteiger partial charge in [0, 0.05) is 18.9 Å². The molecule has 13 heavy (non-hydrogen) atoms. The van der Waals surface area contributed by atoms with Crippen LogP contribution in [0.2, 0.25) is 0 Å². The van der Waals surface area contributed by atoms with Crippen molar-refractivity contribution in [2.24, 2.45) is 11.1 Å². The Hall–Kier alpha value is -0.960. The van der Waals surface area contributed by atoms with E-state index in [4.69, 9.17) is 5.73 Å². The molecule has 74 valence electrons. The highest BCUT2D eigenvalue weighted by Gasteiger charge is 2.15. The zero-order valence-electron chi connectivity index (χ0n) is 8.43. The number of hydrogen-bond acceptors (Lipinski definition) is 2. The van der Waals surface area contributed by atoms with Crippen LogP contribution in [0.1, 0.15) is 20.3 Å². The Balaban J connectivity index is 2.33. The molecule has 0 spiro atoms. The summed E-state index contributed by atoms with van der Waals surface area (Å²) in [5, 5.41) is 3.36. The van der Waals surface area contributed by atoms with Gasteiger partial charge < -0.3 is 16.0 Å². The fourth-order valence-electron chi connectivity index (χ4n) is 1.25. The molecular weight excluding hydrogens is 162 g/mol. The van der Waals surface area contributed by atoms with Crippen LogP contribution in [0.4, 0.5) is 5.69 Å². The Bertz CT molecular complexity index is 226. The zero-order valence-corrected chi connectivity index (χ0v) is 8.43. The normalized spacial score (nSPS) is 11.6. The first kappa shape index (κ1) is 10.1. The largest absolute Gasteiger partial charge is 0.383 e. The number of nitrogens with one attached hydrogen (secondary N) is 2. The second kappa shape index (κ2) is 4.33. The van der Waals surface area contributed by atoms with Crippen molar-refractivity contribution in [2.45, 2.75) is 20.3 Å². The molecule has 0 radical (unpaired) electrons. The predicted molar refractivity (Wildman–Crippen MR) is 56.7 cm³/mol. The van der Waals surface area contributed by atoms with Gasteiger partial charge in [-0.25, -0.2) is 0 Å². The van der Waals surface area contributed by atoms with E-state index in [0.717, 1.165) is 25.2 Å². The van der Waals surface area contributed by atoms with Crippen LogP contribution in [0.25, 0.3) is 0 Å². The van der Waals surface area contributed by atoms with Crippen LogP contribution in [-0.4, -0.2) is 18.1 Å². The maximum atomic E-state index is 5.53. The summed E-state index contributed by atoms with van der Waals surface area (Å²) in [5.41, 5.74) is 6.94. The fourth-order valence-corrected chi connectivity index (χ4v) is 1.25. The number of nitrogens with two attached hydrogens (primary N) is 1. The van der Waals surface area contributed by atoms with Crippen molar-refractivity contribution < 1.29 is 0 Å². The monoisotopic (exact) mass is 181 g/mol. The zero-order chi connectivity index (χ0) is 9.73. The smallest absolute Gasteiger partial charge is 0.0517 e. The summed E-state index contributed by atoms with van der Waals surface area (Å²) < 4.78 is 0. The van der Waals surface area contributed by atoms with Gasteiger partial charge in [0.05, 0.1) is 5.69 Å². The third kappa shape index (κ3) is 3.51. The fraction of sp³-hybridized carbons (Fsp3) is 0.600. The van der Waals surface area contributed by atoms with Crippen LogP contribution >= 0.6 is 0 Å². The van der Waals surface area contributed by atoms with Crippen molar-refractivity contribution in [3.63, 3.8) is 0 Å². The Kier molecular flexibility index (Phi) is 3.37. The van der Waals surface area contributed by atoms with E-state index < -0.39 is 0 Å². The summed E-state index contributed by atoms with van der Waals surface area (Å²) in [5.74, 6) is 0. The van der Waals surface area contributed by atoms with Crippen molar-refractivity contribution in [1.29, 1.82) is 0 Å². The van der Waals surface area contributed by atoms with E-state index in [9.17, 15) is 0 Å². The van der Waals surface area contributed by atoms with Crippen LogP contribution in [0.5, 0.6) is 0 Å². The summed E-state index contributed by atoms with van der Waals surface area (Å²) >= 11 is 0. The maximum Gasteiger partial charge on any atom is 0.0517 e. The lowest BCUT2D eigenvalue weighted by atomic mass is 9.89. The number of aromatic nitrogens is 1. The molecular formula is C10H19N3. The van der Waals surface area contributed by atoms with E-state index in [1.165, 1.54) is 0 Å². The molecule has 0 aromatic carbocycles. The molecule has 0 unspecified atom stereocenters. The van der Waals surface area contributed by atoms with Crippen LogP contribution in [0.15, 0.2) is 18.5 Å². The summed E-state index contributed by atoms with van der Waals surface area (Å²) in [4.78, 5) is 3.01. The molecule has 1 aromatic heterocycles. The molecule has 1 heterocycles. The minimum absolute atomic E-state index is 0.270. The molecule has 3 nitrogen and oxygen atoms in total. The van der Waals surface area contributed by atoms with Crippen molar-refractivity contribution in [2.75, 3.05) is 18.4 Å². The van der Waals surface area contributed by atoms with E-state index in [1.54, 1.807) is 0 Å². The maximum absolute atomic E-state index is 5.53. The van der Waals surface area contributed by atoms with Gasteiger partial charge in [-0.05, 0) is 24.4 Å². The molecule has 4 N–H and O–H groups in total. The molecule has 1 aromatic rings. The van der Waals surface area contributed by atoms with Gasteiger partial charge in [-0.3, -0.25) is 0 Å². The number of anilines is 1. The molecule has 0 aliphatic heterocycles. The number of rotatable bonds is 5. The second-order valence-corrected chi connectivity index (χ2v) is 4.16. The van der Waals surface area contributed by atoms with Gasteiger partial charge in [0.2, 0.25) is 0 Å². The van der Waals surface area contributed by atoms with Crippen molar-refractivity contribution in [3.05, 3.63) is 18.5 Å². The van der Waals surface area contributed by atoms with Gasteiger partial charge in [0.25, 0.3) is 0 Å². The highest BCUT2D eigenvalue weighted by Crippen LogP contribution is 2.19. The van der Waals surface area contributed by atoms with Gasteiger partial charge in [-0.2, -0.15) is 0 Å². The predicted octanol–water partition coefficient (Wildman–Crippen LogP) is 1.80. The van der Waals surface area contributed by atoms with Crippen LogP contribution in [0.3, 0.4) is 0 Å². The number of aromatic amines is 1. The molecule has 1 rings (SSSR count). The van der Waals surface area contributed by atoms with Crippen LogP contribution in [0, 0.1) is 5.41 Å². The summed E-state index contributed by atoms with van der Waals surface area (Å²) in [6.45, 7) is 6.16. The molecule has 0 fully saturated rings. The molecule has 0 amide bonds. The Morgan fingerprint density at radius 3 is 2.85 bits per heavy atom. The van der Waals surface area contributed by atoms with E-state index in [0.29, 0.717) is 0 Å². The third-order valence-electron chi connectivity index (χ3n) is 2.19. The summed E-state index contributed by atoms with van der Waals surface area (Å²) in [7, 11) is 0. The summed E-state index contributed by atoms with van der Waals surface area (Å²) in [6, 6.07) is 2.03. The lowest BCUT2D eigenvalue weighted by molar-refractivity contribution is 0.365. The highest BCUT2D eigenvalue weighted by molar-refractivity contribution is 5.40. The first-order valence-electron chi connectivity index (χ1n) is 4.71. The standard InChI is InChI=1S/C10H19N3/c1-10(2,4-5-11)8-13-9-3-6-12-7-9/h3,6-7,12-13H,4-5,8,11H2,1-2H3. The van der Waals surface area contributed by atoms with E-state index in [2.05, 4.69) is 24.1 Å². The highest BCUT2D eigenvalue weighted by atomic mass is 14.9. The van der Waals surface area contributed by atoms with Crippen molar-refractivity contribution in [1.82, 2.24) is 4.98 Å². The van der Waals surface area contributed by atoms with Gasteiger partial charge in [0.1, 0.15) is 0 Å².